The van der Waals surface area contributed by atoms with Gasteiger partial charge in [-0.3, -0.25) is 14.9 Å². The summed E-state index contributed by atoms with van der Waals surface area (Å²) in [4.78, 5) is 24.5. The van der Waals surface area contributed by atoms with Gasteiger partial charge in [-0.15, -0.1) is 0 Å². The predicted octanol–water partition coefficient (Wildman–Crippen LogP) is 2.18. The monoisotopic (exact) mass is 320 g/mol. The Labute approximate surface area is 134 Å². The van der Waals surface area contributed by atoms with Crippen LogP contribution in [0.2, 0.25) is 0 Å². The molecule has 2 aliphatic rings. The number of fused-ring (bicyclic) bond motifs is 1. The molecule has 0 saturated carbocycles. The predicted molar refractivity (Wildman–Crippen MR) is 82.1 cm³/mol. The molecule has 3 rings (SSSR count). The largest absolute Gasteiger partial charge is 0.484 e. The molecule has 2 unspecified atom stereocenters. The summed E-state index contributed by atoms with van der Waals surface area (Å²) in [6, 6.07) is 3.64. The van der Waals surface area contributed by atoms with E-state index in [9.17, 15) is 20.0 Å². The molecule has 124 valence electrons. The van der Waals surface area contributed by atoms with E-state index >= 15 is 0 Å². The number of nitrogens with zero attached hydrogens (tertiary/aromatic N) is 2. The minimum atomic E-state index is -1.38. The molecule has 0 radical (unpaired) electrons. The number of benzene rings is 1. The number of hydrogen-bond donors (Lipinski definition) is 1. The number of nitro groups is 1. The van der Waals surface area contributed by atoms with Crippen LogP contribution in [0.3, 0.4) is 0 Å². The maximum Gasteiger partial charge on any atom is 0.270 e. The molecule has 1 saturated heterocycles. The van der Waals surface area contributed by atoms with E-state index in [1.807, 2.05) is 0 Å². The number of hydrogen-bond acceptors (Lipinski definition) is 5. The van der Waals surface area contributed by atoms with E-state index in [-0.39, 0.29) is 11.6 Å². The zero-order valence-corrected chi connectivity index (χ0v) is 13.4. The molecule has 2 heterocycles. The lowest BCUT2D eigenvalue weighted by molar-refractivity contribution is -0.385. The summed E-state index contributed by atoms with van der Waals surface area (Å²) in [6.45, 7) is 5.65. The van der Waals surface area contributed by atoms with Gasteiger partial charge in [0.05, 0.1) is 11.0 Å². The van der Waals surface area contributed by atoms with Crippen molar-refractivity contribution in [2.75, 3.05) is 6.54 Å². The van der Waals surface area contributed by atoms with Crippen molar-refractivity contribution in [3.63, 3.8) is 0 Å². The molecule has 0 aromatic heterocycles. The van der Waals surface area contributed by atoms with Crippen LogP contribution in [0.1, 0.15) is 45.2 Å². The van der Waals surface area contributed by atoms with E-state index in [1.54, 1.807) is 25.7 Å². The van der Waals surface area contributed by atoms with Gasteiger partial charge in [0.15, 0.2) is 0 Å². The molecule has 1 fully saturated rings. The Kier molecular flexibility index (Phi) is 3.37. The van der Waals surface area contributed by atoms with E-state index in [1.165, 1.54) is 18.2 Å². The number of carbonyl (C=O) groups excluding carboxylic acids is 1. The smallest absolute Gasteiger partial charge is 0.270 e. The van der Waals surface area contributed by atoms with Crippen molar-refractivity contribution in [3.8, 4) is 5.75 Å². The summed E-state index contributed by atoms with van der Waals surface area (Å²) < 4.78 is 5.88. The van der Waals surface area contributed by atoms with Crippen molar-refractivity contribution in [3.05, 3.63) is 33.9 Å². The van der Waals surface area contributed by atoms with E-state index in [2.05, 4.69) is 0 Å². The lowest BCUT2D eigenvalue weighted by Gasteiger charge is -2.52. The second kappa shape index (κ2) is 4.92. The lowest BCUT2D eigenvalue weighted by atomic mass is 9.74. The molecule has 1 aromatic rings. The average Bonchev–Trinajstić information content (AvgIpc) is 2.85. The maximum absolute atomic E-state index is 12.2. The first kappa shape index (κ1) is 15.7. The van der Waals surface area contributed by atoms with Gasteiger partial charge < -0.3 is 14.7 Å². The van der Waals surface area contributed by atoms with Crippen LogP contribution in [0.4, 0.5) is 5.69 Å². The number of rotatable bonds is 2. The molecule has 2 atom stereocenters. The fraction of sp³-hybridized carbons (Fsp3) is 0.562. The third-order valence-corrected chi connectivity index (χ3v) is 5.04. The SMILES string of the molecule is CC1(C)Oc2ccc([N+](=O)[O-])cc2C(N2CCCC2=O)C1(C)O. The van der Waals surface area contributed by atoms with Crippen LogP contribution in [0.5, 0.6) is 5.75 Å². The molecule has 2 aliphatic heterocycles. The summed E-state index contributed by atoms with van der Waals surface area (Å²) in [7, 11) is 0. The minimum absolute atomic E-state index is 0.0505. The zero-order valence-electron chi connectivity index (χ0n) is 13.4. The number of aliphatic hydroxyl groups is 1. The summed E-state index contributed by atoms with van der Waals surface area (Å²) in [6.07, 6.45) is 1.15. The fourth-order valence-corrected chi connectivity index (χ4v) is 3.38. The summed E-state index contributed by atoms with van der Waals surface area (Å²) in [5, 5.41) is 22.2. The standard InChI is InChI=1S/C16H20N2O5/c1-15(2)16(3,20)14(17-8-4-5-13(17)19)11-9-10(18(21)22)6-7-12(11)23-15/h6-7,9,14,20H,4-5,8H2,1-3H3. The molecule has 23 heavy (non-hydrogen) atoms. The van der Waals surface area contributed by atoms with Crippen LogP contribution >= 0.6 is 0 Å². The quantitative estimate of drug-likeness (QED) is 0.666. The van der Waals surface area contributed by atoms with E-state index in [4.69, 9.17) is 4.74 Å². The molecule has 1 amide bonds. The van der Waals surface area contributed by atoms with Gasteiger partial charge in [-0.25, -0.2) is 0 Å². The van der Waals surface area contributed by atoms with Gasteiger partial charge >= 0.3 is 0 Å². The Balaban J connectivity index is 2.19. The highest BCUT2D eigenvalue weighted by Crippen LogP contribution is 2.50. The van der Waals surface area contributed by atoms with Crippen LogP contribution in [-0.4, -0.2) is 38.6 Å². The van der Waals surface area contributed by atoms with Crippen LogP contribution < -0.4 is 4.74 Å². The minimum Gasteiger partial charge on any atom is -0.484 e. The van der Waals surface area contributed by atoms with Crippen molar-refractivity contribution in [1.29, 1.82) is 0 Å². The molecule has 0 bridgehead atoms. The Morgan fingerprint density at radius 1 is 1.39 bits per heavy atom. The van der Waals surface area contributed by atoms with Crippen LogP contribution in [0.25, 0.3) is 0 Å². The second-order valence-electron chi connectivity index (χ2n) is 6.83. The molecular weight excluding hydrogens is 300 g/mol. The Morgan fingerprint density at radius 2 is 2.09 bits per heavy atom. The highest BCUT2D eigenvalue weighted by atomic mass is 16.6. The Hall–Kier alpha value is -2.15. The van der Waals surface area contributed by atoms with Gasteiger partial charge in [-0.05, 0) is 33.3 Å². The second-order valence-corrected chi connectivity index (χ2v) is 6.83. The van der Waals surface area contributed by atoms with Gasteiger partial charge in [0, 0.05) is 30.7 Å². The number of nitro benzene ring substituents is 1. The van der Waals surface area contributed by atoms with E-state index in [0.29, 0.717) is 24.3 Å². The van der Waals surface area contributed by atoms with Gasteiger partial charge in [-0.2, -0.15) is 0 Å². The van der Waals surface area contributed by atoms with Crippen molar-refractivity contribution < 1.29 is 19.6 Å². The Bertz CT molecular complexity index is 683. The molecule has 1 N–H and O–H groups in total. The summed E-state index contributed by atoms with van der Waals surface area (Å²) >= 11 is 0. The summed E-state index contributed by atoms with van der Waals surface area (Å²) in [5.74, 6) is 0.419. The molecule has 7 nitrogen and oxygen atoms in total. The third kappa shape index (κ3) is 2.26. The number of ether oxygens (including phenoxy) is 1. The van der Waals surface area contributed by atoms with Crippen molar-refractivity contribution in [2.45, 2.75) is 50.9 Å². The first-order valence-electron chi connectivity index (χ1n) is 7.64. The maximum atomic E-state index is 12.2. The Morgan fingerprint density at radius 3 is 2.65 bits per heavy atom. The van der Waals surface area contributed by atoms with Gasteiger partial charge in [0.1, 0.15) is 17.0 Å². The van der Waals surface area contributed by atoms with E-state index in [0.717, 1.165) is 6.42 Å². The molecule has 1 aromatic carbocycles. The van der Waals surface area contributed by atoms with Crippen molar-refractivity contribution in [1.82, 2.24) is 4.90 Å². The van der Waals surface area contributed by atoms with Gasteiger partial charge in [-0.1, -0.05) is 0 Å². The average molecular weight is 320 g/mol. The first-order chi connectivity index (χ1) is 10.6. The normalized spacial score (nSPS) is 29.1. The molecule has 0 spiro atoms. The zero-order chi connectivity index (χ0) is 17.0. The number of amides is 1. The molecular formula is C16H20N2O5. The highest BCUT2D eigenvalue weighted by Gasteiger charge is 2.56. The van der Waals surface area contributed by atoms with Crippen molar-refractivity contribution in [2.24, 2.45) is 0 Å². The van der Waals surface area contributed by atoms with Crippen LogP contribution in [0, 0.1) is 10.1 Å². The number of likely N-dealkylation sites (tertiary alicyclic amines) is 1. The van der Waals surface area contributed by atoms with Crippen molar-refractivity contribution >= 4 is 11.6 Å². The number of non-ortho nitro benzene ring substituents is 1. The van der Waals surface area contributed by atoms with Gasteiger partial charge in [0.25, 0.3) is 5.69 Å². The van der Waals surface area contributed by atoms with Crippen LogP contribution in [0.15, 0.2) is 18.2 Å². The summed E-state index contributed by atoms with van der Waals surface area (Å²) in [5.41, 5.74) is -1.92. The molecule has 0 aliphatic carbocycles. The first-order valence-corrected chi connectivity index (χ1v) is 7.64. The fourth-order valence-electron chi connectivity index (χ4n) is 3.38. The lowest BCUT2D eigenvalue weighted by Crippen LogP contribution is -2.62. The highest BCUT2D eigenvalue weighted by molar-refractivity contribution is 5.79. The van der Waals surface area contributed by atoms with E-state index < -0.39 is 22.2 Å². The van der Waals surface area contributed by atoms with Crippen LogP contribution in [-0.2, 0) is 4.79 Å². The molecule has 7 heteroatoms. The van der Waals surface area contributed by atoms with Gasteiger partial charge in [0.2, 0.25) is 5.91 Å². The topological polar surface area (TPSA) is 92.9 Å². The third-order valence-electron chi connectivity index (χ3n) is 5.04. The number of carbonyl (C=O) groups is 1.